The molecule has 0 unspecified atom stereocenters. The summed E-state index contributed by atoms with van der Waals surface area (Å²) in [7, 11) is 0. The minimum Gasteiger partial charge on any atom is -0.466 e. The van der Waals surface area contributed by atoms with Crippen LogP contribution in [0.4, 0.5) is 0 Å². The molecule has 0 aromatic rings. The molecular formula is C14H26O3S. The molecule has 3 nitrogen and oxygen atoms in total. The minimum atomic E-state index is -0.713. The van der Waals surface area contributed by atoms with Gasteiger partial charge < -0.3 is 4.74 Å². The molecule has 0 bridgehead atoms. The average molecular weight is 274 g/mol. The quantitative estimate of drug-likeness (QED) is 0.668. The Kier molecular flexibility index (Phi) is 6.97. The van der Waals surface area contributed by atoms with Gasteiger partial charge in [0.15, 0.2) is 0 Å². The average Bonchev–Trinajstić information content (AvgIpc) is 2.14. The molecule has 0 spiro atoms. The van der Waals surface area contributed by atoms with Crippen LogP contribution in [0, 0.1) is 10.8 Å². The van der Waals surface area contributed by atoms with E-state index in [0.29, 0.717) is 12.4 Å². The van der Waals surface area contributed by atoms with Crippen LogP contribution in [-0.4, -0.2) is 29.9 Å². The first-order valence-corrected chi connectivity index (χ1v) is 7.50. The number of rotatable bonds is 7. The van der Waals surface area contributed by atoms with Crippen molar-refractivity contribution in [3.8, 4) is 0 Å². The third-order valence-electron chi connectivity index (χ3n) is 2.27. The fourth-order valence-electron chi connectivity index (χ4n) is 1.41. The topological polar surface area (TPSA) is 43.4 Å². The highest BCUT2D eigenvalue weighted by Crippen LogP contribution is 2.25. The summed E-state index contributed by atoms with van der Waals surface area (Å²) in [5.74, 6) is 1.24. The van der Waals surface area contributed by atoms with Crippen molar-refractivity contribution in [2.24, 2.45) is 10.8 Å². The van der Waals surface area contributed by atoms with Crippen LogP contribution < -0.4 is 0 Å². The van der Waals surface area contributed by atoms with Crippen LogP contribution in [0.2, 0.25) is 0 Å². The number of ether oxygens (including phenoxy) is 1. The lowest BCUT2D eigenvalue weighted by Crippen LogP contribution is -2.30. The third-order valence-corrected chi connectivity index (χ3v) is 3.86. The Bertz CT molecular complexity index is 290. The van der Waals surface area contributed by atoms with Gasteiger partial charge in [0.1, 0.15) is 5.78 Å². The predicted octanol–water partition coefficient (Wildman–Crippen LogP) is 3.31. The highest BCUT2D eigenvalue weighted by Gasteiger charge is 2.31. The molecule has 0 fully saturated rings. The van der Waals surface area contributed by atoms with Crippen LogP contribution >= 0.6 is 11.8 Å². The summed E-state index contributed by atoms with van der Waals surface area (Å²) in [6.07, 6.45) is 0.253. The summed E-state index contributed by atoms with van der Waals surface area (Å²) in [5.41, 5.74) is -0.489. The molecule has 0 heterocycles. The molecule has 0 N–H and O–H groups in total. The Labute approximate surface area is 115 Å². The molecule has 0 aromatic carbocycles. The summed E-state index contributed by atoms with van der Waals surface area (Å²) in [4.78, 5) is 23.5. The standard InChI is InChI=1S/C14H26O3S/c1-7-17-12(16)14(5,6)8-11(15)9-18-10-13(2,3)4/h7-10H2,1-6H3. The second-order valence-electron chi connectivity index (χ2n) is 6.37. The molecule has 0 aliphatic rings. The number of hydrogen-bond acceptors (Lipinski definition) is 4. The van der Waals surface area contributed by atoms with E-state index in [-0.39, 0.29) is 23.6 Å². The number of ketones is 1. The van der Waals surface area contributed by atoms with E-state index in [1.54, 1.807) is 32.5 Å². The minimum absolute atomic E-state index is 0.113. The van der Waals surface area contributed by atoms with E-state index in [9.17, 15) is 9.59 Å². The normalized spacial score (nSPS) is 12.3. The molecule has 0 radical (unpaired) electrons. The maximum atomic E-state index is 11.8. The summed E-state index contributed by atoms with van der Waals surface area (Å²) >= 11 is 1.63. The van der Waals surface area contributed by atoms with E-state index >= 15 is 0 Å². The number of carbonyl (C=O) groups excluding carboxylic acids is 2. The van der Waals surface area contributed by atoms with Gasteiger partial charge in [-0.3, -0.25) is 9.59 Å². The number of carbonyl (C=O) groups is 2. The molecule has 0 amide bonds. The zero-order valence-corrected chi connectivity index (χ0v) is 13.3. The largest absolute Gasteiger partial charge is 0.466 e. The zero-order valence-electron chi connectivity index (χ0n) is 12.5. The highest BCUT2D eigenvalue weighted by atomic mass is 32.2. The molecule has 0 aliphatic heterocycles. The highest BCUT2D eigenvalue weighted by molar-refractivity contribution is 7.99. The van der Waals surface area contributed by atoms with Crippen LogP contribution in [0.25, 0.3) is 0 Å². The Balaban J connectivity index is 4.11. The van der Waals surface area contributed by atoms with Crippen LogP contribution in [0.5, 0.6) is 0 Å². The van der Waals surface area contributed by atoms with Gasteiger partial charge in [0.05, 0.1) is 17.8 Å². The summed E-state index contributed by atoms with van der Waals surface area (Å²) in [6.45, 7) is 12.1. The lowest BCUT2D eigenvalue weighted by molar-refractivity contribution is -0.155. The molecule has 0 aliphatic carbocycles. The Morgan fingerprint density at radius 3 is 2.11 bits per heavy atom. The van der Waals surface area contributed by atoms with Crippen molar-refractivity contribution < 1.29 is 14.3 Å². The molecule has 0 atom stereocenters. The molecule has 18 heavy (non-hydrogen) atoms. The second kappa shape index (κ2) is 7.17. The lowest BCUT2D eigenvalue weighted by atomic mass is 9.88. The van der Waals surface area contributed by atoms with E-state index in [1.807, 2.05) is 0 Å². The molecule has 0 saturated carbocycles. The molecule has 4 heteroatoms. The first-order chi connectivity index (χ1) is 8.08. The van der Waals surface area contributed by atoms with E-state index < -0.39 is 5.41 Å². The number of thioether (sulfide) groups is 1. The van der Waals surface area contributed by atoms with Gasteiger partial charge in [-0.05, 0) is 31.9 Å². The number of esters is 1. The Morgan fingerprint density at radius 1 is 1.11 bits per heavy atom. The number of Topliss-reactive ketones (excluding diaryl/α,β-unsaturated/α-hetero) is 1. The molecular weight excluding hydrogens is 248 g/mol. The van der Waals surface area contributed by atoms with Gasteiger partial charge in [-0.15, -0.1) is 0 Å². The van der Waals surface area contributed by atoms with Crippen molar-refractivity contribution in [1.29, 1.82) is 0 Å². The van der Waals surface area contributed by atoms with Gasteiger partial charge in [0.25, 0.3) is 0 Å². The summed E-state index contributed by atoms with van der Waals surface area (Å²) in [5, 5.41) is 0. The maximum Gasteiger partial charge on any atom is 0.311 e. The van der Waals surface area contributed by atoms with Gasteiger partial charge in [0.2, 0.25) is 0 Å². The smallest absolute Gasteiger partial charge is 0.311 e. The van der Waals surface area contributed by atoms with Gasteiger partial charge in [-0.25, -0.2) is 0 Å². The summed E-state index contributed by atoms with van der Waals surface area (Å²) in [6, 6.07) is 0. The first kappa shape index (κ1) is 17.5. The third kappa shape index (κ3) is 7.75. The first-order valence-electron chi connectivity index (χ1n) is 6.35. The monoisotopic (exact) mass is 274 g/mol. The van der Waals surface area contributed by atoms with Gasteiger partial charge in [-0.1, -0.05) is 20.8 Å². The summed E-state index contributed by atoms with van der Waals surface area (Å²) < 4.78 is 4.97. The fraction of sp³-hybridized carbons (Fsp3) is 0.857. The van der Waals surface area contributed by atoms with Crippen LogP contribution in [0.1, 0.15) is 48.0 Å². The van der Waals surface area contributed by atoms with Gasteiger partial charge in [-0.2, -0.15) is 11.8 Å². The van der Waals surface area contributed by atoms with Crippen LogP contribution in [0.15, 0.2) is 0 Å². The number of hydrogen-bond donors (Lipinski definition) is 0. The maximum absolute atomic E-state index is 11.8. The Hall–Kier alpha value is -0.510. The fourth-order valence-corrected chi connectivity index (χ4v) is 2.46. The zero-order chi connectivity index (χ0) is 14.4. The van der Waals surface area contributed by atoms with Crippen LogP contribution in [-0.2, 0) is 14.3 Å². The predicted molar refractivity (Wildman–Crippen MR) is 76.8 cm³/mol. The molecule has 106 valence electrons. The lowest BCUT2D eigenvalue weighted by Gasteiger charge is -2.22. The second-order valence-corrected chi connectivity index (χ2v) is 7.36. The van der Waals surface area contributed by atoms with E-state index in [2.05, 4.69) is 20.8 Å². The van der Waals surface area contributed by atoms with Crippen molar-refractivity contribution in [3.05, 3.63) is 0 Å². The van der Waals surface area contributed by atoms with Crippen molar-refractivity contribution in [1.82, 2.24) is 0 Å². The van der Waals surface area contributed by atoms with E-state index in [1.165, 1.54) is 0 Å². The van der Waals surface area contributed by atoms with E-state index in [4.69, 9.17) is 4.74 Å². The van der Waals surface area contributed by atoms with E-state index in [0.717, 1.165) is 5.75 Å². The van der Waals surface area contributed by atoms with Crippen molar-refractivity contribution in [2.75, 3.05) is 18.1 Å². The van der Waals surface area contributed by atoms with Crippen LogP contribution in [0.3, 0.4) is 0 Å². The van der Waals surface area contributed by atoms with Gasteiger partial charge >= 0.3 is 5.97 Å². The molecule has 0 saturated heterocycles. The molecule has 0 rings (SSSR count). The molecule has 0 aromatic heterocycles. The van der Waals surface area contributed by atoms with Crippen molar-refractivity contribution in [2.45, 2.75) is 48.0 Å². The SMILES string of the molecule is CCOC(=O)C(C)(C)CC(=O)CSCC(C)(C)C. The van der Waals surface area contributed by atoms with Crippen molar-refractivity contribution >= 4 is 23.5 Å². The van der Waals surface area contributed by atoms with Crippen molar-refractivity contribution in [3.63, 3.8) is 0 Å². The van der Waals surface area contributed by atoms with Gasteiger partial charge in [0, 0.05) is 6.42 Å². The Morgan fingerprint density at radius 2 is 1.67 bits per heavy atom.